The average Bonchev–Trinajstić information content (AvgIpc) is 2.76. The van der Waals surface area contributed by atoms with Crippen molar-refractivity contribution in [1.29, 1.82) is 0 Å². The Kier molecular flexibility index (Phi) is 12.1. The molecule has 0 aliphatic carbocycles. The van der Waals surface area contributed by atoms with Gasteiger partial charge in [-0.1, -0.05) is 70.1 Å². The van der Waals surface area contributed by atoms with Crippen LogP contribution in [0.15, 0.2) is 47.3 Å². The molecule has 1 rings (SSSR count). The lowest BCUT2D eigenvalue weighted by atomic mass is 9.87. The molecule has 2 N–H and O–H groups in total. The monoisotopic (exact) mass is 464 g/mol. The molecule has 33 heavy (non-hydrogen) atoms. The van der Waals surface area contributed by atoms with Crippen molar-refractivity contribution in [2.45, 2.75) is 79.3 Å². The van der Waals surface area contributed by atoms with Crippen molar-refractivity contribution in [2.24, 2.45) is 23.7 Å². The second-order valence-corrected chi connectivity index (χ2v) is 9.72. The number of rotatable bonds is 5. The molecule has 7 atom stereocenters. The first-order valence-corrected chi connectivity index (χ1v) is 11.8. The minimum Gasteiger partial charge on any atom is -0.490 e. The van der Waals surface area contributed by atoms with Gasteiger partial charge in [-0.3, -0.25) is 0 Å². The number of allylic oxidation sites excluding steroid dienone is 5. The predicted octanol–water partition coefficient (Wildman–Crippen LogP) is 4.58. The summed E-state index contributed by atoms with van der Waals surface area (Å²) < 4.78 is 16.9. The van der Waals surface area contributed by atoms with Gasteiger partial charge in [-0.2, -0.15) is 0 Å². The summed E-state index contributed by atoms with van der Waals surface area (Å²) in [6.07, 6.45) is 7.50. The van der Waals surface area contributed by atoms with E-state index in [0.717, 1.165) is 17.6 Å². The van der Waals surface area contributed by atoms with Crippen LogP contribution in [0.25, 0.3) is 0 Å². The van der Waals surface area contributed by atoms with Gasteiger partial charge in [0.25, 0.3) is 0 Å². The maximum Gasteiger partial charge on any atom is 0.373 e. The van der Waals surface area contributed by atoms with Crippen molar-refractivity contribution in [3.05, 3.63) is 47.3 Å². The van der Waals surface area contributed by atoms with Crippen molar-refractivity contribution in [3.63, 3.8) is 0 Å². The molecule has 0 aromatic rings. The van der Waals surface area contributed by atoms with E-state index in [-0.39, 0.29) is 29.4 Å². The summed E-state index contributed by atoms with van der Waals surface area (Å²) in [6.45, 7) is 13.6. The van der Waals surface area contributed by atoms with Crippen molar-refractivity contribution in [3.8, 4) is 0 Å². The summed E-state index contributed by atoms with van der Waals surface area (Å²) in [5.41, 5.74) is 1.91. The van der Waals surface area contributed by atoms with E-state index in [9.17, 15) is 15.0 Å². The number of hydrogen-bond donors (Lipinski definition) is 2. The van der Waals surface area contributed by atoms with Crippen LogP contribution in [0.5, 0.6) is 0 Å². The Hall–Kier alpha value is -1.89. The lowest BCUT2D eigenvalue weighted by molar-refractivity contribution is -0.161. The molecule has 0 bridgehead atoms. The fourth-order valence-electron chi connectivity index (χ4n) is 4.29. The van der Waals surface area contributed by atoms with Gasteiger partial charge >= 0.3 is 5.97 Å². The Balaban J connectivity index is 3.50. The van der Waals surface area contributed by atoms with Gasteiger partial charge in [0.1, 0.15) is 12.2 Å². The molecule has 0 fully saturated rings. The summed E-state index contributed by atoms with van der Waals surface area (Å²) in [4.78, 5) is 13.0. The third-order valence-electron chi connectivity index (χ3n) is 6.33. The number of hydrogen-bond acceptors (Lipinski definition) is 6. The molecule has 188 valence electrons. The summed E-state index contributed by atoms with van der Waals surface area (Å²) >= 11 is 0. The minimum atomic E-state index is -0.722. The molecule has 0 saturated carbocycles. The Labute approximate surface area is 200 Å². The predicted molar refractivity (Wildman–Crippen MR) is 131 cm³/mol. The Bertz CT molecular complexity index is 748. The maximum absolute atomic E-state index is 13.0. The molecule has 1 aliphatic rings. The molecule has 6 heteroatoms. The molecule has 1 unspecified atom stereocenters. The van der Waals surface area contributed by atoms with E-state index in [4.69, 9.17) is 14.2 Å². The number of carbonyl (C=O) groups excluding carboxylic acids is 1. The van der Waals surface area contributed by atoms with E-state index in [0.29, 0.717) is 0 Å². The Morgan fingerprint density at radius 1 is 1.15 bits per heavy atom. The van der Waals surface area contributed by atoms with Crippen LogP contribution in [0.4, 0.5) is 0 Å². The fraction of sp³-hybridized carbons (Fsp3) is 0.667. The smallest absolute Gasteiger partial charge is 0.373 e. The Morgan fingerprint density at radius 2 is 1.79 bits per heavy atom. The normalized spacial score (nSPS) is 30.1. The van der Waals surface area contributed by atoms with Crippen molar-refractivity contribution in [1.82, 2.24) is 0 Å². The molecule has 0 spiro atoms. The Morgan fingerprint density at radius 3 is 2.33 bits per heavy atom. The van der Waals surface area contributed by atoms with E-state index < -0.39 is 30.4 Å². The van der Waals surface area contributed by atoms with Gasteiger partial charge in [0.15, 0.2) is 0 Å². The second-order valence-electron chi connectivity index (χ2n) is 9.72. The van der Waals surface area contributed by atoms with Crippen LogP contribution >= 0.6 is 0 Å². The molecule has 0 amide bonds. The molecule has 0 radical (unpaired) electrons. The van der Waals surface area contributed by atoms with E-state index in [2.05, 4.69) is 0 Å². The molecule has 0 aromatic heterocycles. The third kappa shape index (κ3) is 8.76. The van der Waals surface area contributed by atoms with E-state index in [1.165, 1.54) is 7.11 Å². The van der Waals surface area contributed by atoms with Crippen molar-refractivity contribution < 1.29 is 29.2 Å². The topological polar surface area (TPSA) is 85.2 Å². The standard InChI is InChI=1S/C27H44O6/c1-16(2)24(28)21(7)26-22(31-8)12-10-11-17(3)13-19(5)25(29)20(6)14-18(4)15-23(32-9)27(30)33-26/h10-12,14-16,19-22,24-26,28-29H,13H2,1-9H3/t19-,20?,21-,22-,24-,25-,26+/m0/s1. The highest BCUT2D eigenvalue weighted by Gasteiger charge is 2.35. The molecule has 6 nitrogen and oxygen atoms in total. The minimum absolute atomic E-state index is 0.0142. The van der Waals surface area contributed by atoms with Crippen LogP contribution in [0.1, 0.15) is 54.9 Å². The van der Waals surface area contributed by atoms with Gasteiger partial charge in [0.05, 0.1) is 19.3 Å². The number of cyclic esters (lactones) is 1. The highest BCUT2D eigenvalue weighted by atomic mass is 16.6. The first-order valence-electron chi connectivity index (χ1n) is 11.8. The third-order valence-corrected chi connectivity index (χ3v) is 6.33. The first-order chi connectivity index (χ1) is 15.4. The van der Waals surface area contributed by atoms with E-state index in [1.807, 2.05) is 72.8 Å². The van der Waals surface area contributed by atoms with Gasteiger partial charge in [-0.15, -0.1) is 0 Å². The zero-order valence-corrected chi connectivity index (χ0v) is 21.7. The lowest BCUT2D eigenvalue weighted by Gasteiger charge is -2.33. The van der Waals surface area contributed by atoms with Gasteiger partial charge in [0, 0.05) is 18.9 Å². The van der Waals surface area contributed by atoms with Gasteiger partial charge < -0.3 is 24.4 Å². The summed E-state index contributed by atoms with van der Waals surface area (Å²) in [5, 5.41) is 21.5. The SMILES string of the molecule is COC1=CC(C)=CC(C)[C@@H](O)[C@@H](C)CC(C)=CC=C[C@H](OC)[C@@H]([C@@H](C)[C@@H](O)C(C)C)OC1=O. The van der Waals surface area contributed by atoms with Crippen LogP contribution in [0.2, 0.25) is 0 Å². The zero-order chi connectivity index (χ0) is 25.3. The van der Waals surface area contributed by atoms with Crippen molar-refractivity contribution in [2.75, 3.05) is 14.2 Å². The number of aliphatic hydroxyl groups is 2. The van der Waals surface area contributed by atoms with E-state index in [1.54, 1.807) is 13.2 Å². The first kappa shape index (κ1) is 29.1. The molecule has 1 aliphatic heterocycles. The lowest BCUT2D eigenvalue weighted by Crippen LogP contribution is -2.43. The molecule has 0 aromatic carbocycles. The number of aliphatic hydroxyl groups excluding tert-OH is 2. The van der Waals surface area contributed by atoms with Gasteiger partial charge in [-0.05, 0) is 38.2 Å². The molecule has 0 saturated heterocycles. The molecular formula is C27H44O6. The van der Waals surface area contributed by atoms with E-state index >= 15 is 0 Å². The van der Waals surface area contributed by atoms with Gasteiger partial charge in [0.2, 0.25) is 5.76 Å². The van der Waals surface area contributed by atoms with Crippen LogP contribution in [0, 0.1) is 23.7 Å². The van der Waals surface area contributed by atoms with Gasteiger partial charge in [-0.25, -0.2) is 4.79 Å². The van der Waals surface area contributed by atoms with Crippen LogP contribution in [-0.4, -0.2) is 54.8 Å². The number of methoxy groups -OCH3 is 2. The number of carbonyl (C=O) groups is 1. The van der Waals surface area contributed by atoms with Crippen LogP contribution in [-0.2, 0) is 19.0 Å². The van der Waals surface area contributed by atoms with Crippen LogP contribution < -0.4 is 0 Å². The summed E-state index contributed by atoms with van der Waals surface area (Å²) in [6, 6.07) is 0. The highest BCUT2D eigenvalue weighted by Crippen LogP contribution is 2.26. The average molecular weight is 465 g/mol. The maximum atomic E-state index is 13.0. The number of esters is 1. The second kappa shape index (κ2) is 13.7. The fourth-order valence-corrected chi connectivity index (χ4v) is 4.29. The quantitative estimate of drug-likeness (QED) is 0.579. The summed E-state index contributed by atoms with van der Waals surface area (Å²) in [5.74, 6) is -1.01. The number of ether oxygens (including phenoxy) is 3. The highest BCUT2D eigenvalue weighted by molar-refractivity contribution is 5.87. The molecular weight excluding hydrogens is 420 g/mol. The van der Waals surface area contributed by atoms with Crippen molar-refractivity contribution >= 4 is 5.97 Å². The zero-order valence-electron chi connectivity index (χ0n) is 21.7. The summed E-state index contributed by atoms with van der Waals surface area (Å²) in [7, 11) is 2.97. The largest absolute Gasteiger partial charge is 0.490 e. The van der Waals surface area contributed by atoms with Crippen LogP contribution in [0.3, 0.4) is 0 Å². The molecule has 1 heterocycles.